The SMILES string of the molecule is Cc1nc(-c2cccc(NC(=O)c3ccc(OC4CCOC4)nc3)c2)cs1. The molecule has 27 heavy (non-hydrogen) atoms. The number of thiazole rings is 1. The zero-order valence-electron chi connectivity index (χ0n) is 14.8. The van der Waals surface area contributed by atoms with Gasteiger partial charge in [-0.1, -0.05) is 12.1 Å². The number of hydrogen-bond donors (Lipinski definition) is 1. The minimum atomic E-state index is -0.218. The summed E-state index contributed by atoms with van der Waals surface area (Å²) in [7, 11) is 0. The molecule has 2 aromatic heterocycles. The van der Waals surface area contributed by atoms with Crippen molar-refractivity contribution in [3.63, 3.8) is 0 Å². The maximum atomic E-state index is 12.5. The minimum absolute atomic E-state index is 0.0364. The van der Waals surface area contributed by atoms with Gasteiger partial charge in [-0.2, -0.15) is 0 Å². The van der Waals surface area contributed by atoms with Crippen LogP contribution in [0.1, 0.15) is 21.8 Å². The van der Waals surface area contributed by atoms with Gasteiger partial charge in [-0.05, 0) is 25.1 Å². The van der Waals surface area contributed by atoms with Gasteiger partial charge in [0, 0.05) is 35.3 Å². The van der Waals surface area contributed by atoms with Crippen molar-refractivity contribution in [2.24, 2.45) is 0 Å². The fourth-order valence-corrected chi connectivity index (χ4v) is 3.44. The van der Waals surface area contributed by atoms with E-state index in [0.717, 1.165) is 22.7 Å². The number of rotatable bonds is 5. The Morgan fingerprint density at radius 2 is 2.26 bits per heavy atom. The molecule has 1 amide bonds. The van der Waals surface area contributed by atoms with Gasteiger partial charge in [-0.25, -0.2) is 9.97 Å². The number of aromatic nitrogens is 2. The van der Waals surface area contributed by atoms with E-state index in [2.05, 4.69) is 15.3 Å². The fourth-order valence-electron chi connectivity index (χ4n) is 2.82. The van der Waals surface area contributed by atoms with Crippen molar-refractivity contribution >= 4 is 22.9 Å². The van der Waals surface area contributed by atoms with E-state index < -0.39 is 0 Å². The number of hydrogen-bond acceptors (Lipinski definition) is 6. The molecule has 138 valence electrons. The Kier molecular flexibility index (Phi) is 5.13. The molecule has 4 rings (SSSR count). The van der Waals surface area contributed by atoms with Crippen molar-refractivity contribution in [3.8, 4) is 17.1 Å². The minimum Gasteiger partial charge on any atom is -0.472 e. The Bertz CT molecular complexity index is 934. The van der Waals surface area contributed by atoms with Crippen molar-refractivity contribution in [3.05, 3.63) is 58.5 Å². The zero-order chi connectivity index (χ0) is 18.6. The third kappa shape index (κ3) is 4.32. The summed E-state index contributed by atoms with van der Waals surface area (Å²) in [4.78, 5) is 21.2. The number of carbonyl (C=O) groups excluding carboxylic acids is 1. The van der Waals surface area contributed by atoms with Crippen molar-refractivity contribution in [2.45, 2.75) is 19.4 Å². The molecule has 3 heterocycles. The van der Waals surface area contributed by atoms with Crippen LogP contribution < -0.4 is 10.1 Å². The molecular formula is C20H19N3O3S. The van der Waals surface area contributed by atoms with Crippen molar-refractivity contribution in [1.29, 1.82) is 0 Å². The van der Waals surface area contributed by atoms with Gasteiger partial charge in [0.2, 0.25) is 5.88 Å². The highest BCUT2D eigenvalue weighted by Crippen LogP contribution is 2.24. The molecule has 0 bridgehead atoms. The smallest absolute Gasteiger partial charge is 0.257 e. The predicted octanol–water partition coefficient (Wildman–Crippen LogP) is 3.93. The number of amides is 1. The number of ether oxygens (including phenoxy) is 2. The molecule has 1 aliphatic rings. The average Bonchev–Trinajstić information content (AvgIpc) is 3.34. The second-order valence-electron chi connectivity index (χ2n) is 6.28. The van der Waals surface area contributed by atoms with Gasteiger partial charge in [0.15, 0.2) is 0 Å². The number of nitrogens with zero attached hydrogens (tertiary/aromatic N) is 2. The van der Waals surface area contributed by atoms with Crippen LogP contribution in [-0.4, -0.2) is 35.2 Å². The second-order valence-corrected chi connectivity index (χ2v) is 7.34. The van der Waals surface area contributed by atoms with Crippen molar-refractivity contribution in [2.75, 3.05) is 18.5 Å². The molecule has 1 unspecified atom stereocenters. The molecule has 0 saturated carbocycles. The van der Waals surface area contributed by atoms with Crippen LogP contribution in [0.3, 0.4) is 0 Å². The summed E-state index contributed by atoms with van der Waals surface area (Å²) >= 11 is 1.60. The van der Waals surface area contributed by atoms with Crippen LogP contribution in [0.15, 0.2) is 48.0 Å². The standard InChI is InChI=1S/C20H19N3O3S/c1-13-22-18(12-27-13)14-3-2-4-16(9-14)23-20(24)15-5-6-19(21-10-15)26-17-7-8-25-11-17/h2-6,9-10,12,17H,7-8,11H2,1H3,(H,23,24). The van der Waals surface area contributed by atoms with Crippen LogP contribution in [0, 0.1) is 6.92 Å². The van der Waals surface area contributed by atoms with E-state index in [4.69, 9.17) is 9.47 Å². The molecule has 1 atom stereocenters. The number of anilines is 1. The van der Waals surface area contributed by atoms with Crippen molar-refractivity contribution < 1.29 is 14.3 Å². The first-order chi connectivity index (χ1) is 13.2. The lowest BCUT2D eigenvalue weighted by atomic mass is 10.1. The molecule has 7 heteroatoms. The number of aryl methyl sites for hydroxylation is 1. The van der Waals surface area contributed by atoms with E-state index in [9.17, 15) is 4.79 Å². The Balaban J connectivity index is 1.42. The van der Waals surface area contributed by atoms with Crippen LogP contribution >= 0.6 is 11.3 Å². The summed E-state index contributed by atoms with van der Waals surface area (Å²) in [6, 6.07) is 11.1. The first-order valence-electron chi connectivity index (χ1n) is 8.72. The fraction of sp³-hybridized carbons (Fsp3) is 0.250. The maximum absolute atomic E-state index is 12.5. The lowest BCUT2D eigenvalue weighted by Gasteiger charge is -2.11. The van der Waals surface area contributed by atoms with E-state index in [1.807, 2.05) is 36.6 Å². The number of nitrogens with one attached hydrogen (secondary N) is 1. The molecular weight excluding hydrogens is 362 g/mol. The van der Waals surface area contributed by atoms with Gasteiger partial charge in [0.05, 0.1) is 29.5 Å². The topological polar surface area (TPSA) is 73.3 Å². The Morgan fingerprint density at radius 1 is 1.33 bits per heavy atom. The highest BCUT2D eigenvalue weighted by molar-refractivity contribution is 7.09. The molecule has 1 aliphatic heterocycles. The second kappa shape index (κ2) is 7.85. The normalized spacial score (nSPS) is 16.3. The molecule has 3 aromatic rings. The number of benzene rings is 1. The van der Waals surface area contributed by atoms with Gasteiger partial charge in [-0.3, -0.25) is 4.79 Å². The van der Waals surface area contributed by atoms with E-state index in [0.29, 0.717) is 30.3 Å². The Labute approximate surface area is 161 Å². The van der Waals surface area contributed by atoms with Crippen LogP contribution in [-0.2, 0) is 4.74 Å². The first kappa shape index (κ1) is 17.6. The van der Waals surface area contributed by atoms with E-state index in [-0.39, 0.29) is 12.0 Å². The summed E-state index contributed by atoms with van der Waals surface area (Å²) < 4.78 is 11.0. The molecule has 0 radical (unpaired) electrons. The van der Waals surface area contributed by atoms with Crippen LogP contribution in [0.2, 0.25) is 0 Å². The third-order valence-electron chi connectivity index (χ3n) is 4.21. The monoisotopic (exact) mass is 381 g/mol. The van der Waals surface area contributed by atoms with Gasteiger partial charge in [0.25, 0.3) is 5.91 Å². The maximum Gasteiger partial charge on any atom is 0.257 e. The summed E-state index contributed by atoms with van der Waals surface area (Å²) in [6.07, 6.45) is 2.42. The quantitative estimate of drug-likeness (QED) is 0.725. The summed E-state index contributed by atoms with van der Waals surface area (Å²) in [6.45, 7) is 3.27. The van der Waals surface area contributed by atoms with E-state index in [1.54, 1.807) is 23.5 Å². The molecule has 6 nitrogen and oxygen atoms in total. The molecule has 1 aromatic carbocycles. The Morgan fingerprint density at radius 3 is 2.96 bits per heavy atom. The van der Waals surface area contributed by atoms with Crippen LogP contribution in [0.25, 0.3) is 11.3 Å². The third-order valence-corrected chi connectivity index (χ3v) is 4.98. The van der Waals surface area contributed by atoms with E-state index >= 15 is 0 Å². The van der Waals surface area contributed by atoms with Crippen LogP contribution in [0.5, 0.6) is 5.88 Å². The Hall–Kier alpha value is -2.77. The van der Waals surface area contributed by atoms with Gasteiger partial charge in [0.1, 0.15) is 6.10 Å². The molecule has 1 fully saturated rings. The average molecular weight is 381 g/mol. The summed E-state index contributed by atoms with van der Waals surface area (Å²) in [5, 5.41) is 5.92. The largest absolute Gasteiger partial charge is 0.472 e. The molecule has 0 aliphatic carbocycles. The zero-order valence-corrected chi connectivity index (χ0v) is 15.7. The lowest BCUT2D eigenvalue weighted by molar-refractivity contribution is 0.102. The van der Waals surface area contributed by atoms with Gasteiger partial charge < -0.3 is 14.8 Å². The van der Waals surface area contributed by atoms with Gasteiger partial charge >= 0.3 is 0 Å². The van der Waals surface area contributed by atoms with Crippen molar-refractivity contribution in [1.82, 2.24) is 9.97 Å². The summed E-state index contributed by atoms with van der Waals surface area (Å²) in [5.74, 6) is 0.285. The van der Waals surface area contributed by atoms with Gasteiger partial charge in [-0.15, -0.1) is 11.3 Å². The number of pyridine rings is 1. The number of carbonyl (C=O) groups is 1. The molecule has 1 saturated heterocycles. The lowest BCUT2D eigenvalue weighted by Crippen LogP contribution is -2.17. The first-order valence-corrected chi connectivity index (χ1v) is 9.60. The molecule has 1 N–H and O–H groups in total. The van der Waals surface area contributed by atoms with E-state index in [1.165, 1.54) is 6.20 Å². The molecule has 0 spiro atoms. The predicted molar refractivity (Wildman–Crippen MR) is 104 cm³/mol. The summed E-state index contributed by atoms with van der Waals surface area (Å²) in [5.41, 5.74) is 3.07. The highest BCUT2D eigenvalue weighted by atomic mass is 32.1. The van der Waals surface area contributed by atoms with Crippen LogP contribution in [0.4, 0.5) is 5.69 Å². The highest BCUT2D eigenvalue weighted by Gasteiger charge is 2.18.